The van der Waals surface area contributed by atoms with Crippen LogP contribution in [0.15, 0.2) is 54.0 Å². The molecule has 0 saturated carbocycles. The molecule has 2 aliphatic rings. The van der Waals surface area contributed by atoms with Gasteiger partial charge in [0.15, 0.2) is 11.5 Å². The molecule has 10 heteroatoms. The lowest BCUT2D eigenvalue weighted by Crippen LogP contribution is -2.38. The molecule has 2 heterocycles. The number of amides is 3. The summed E-state index contributed by atoms with van der Waals surface area (Å²) in [4.78, 5) is 41.6. The average molecular weight is 510 g/mol. The van der Waals surface area contributed by atoms with Crippen molar-refractivity contribution in [3.05, 3.63) is 65.1 Å². The zero-order valence-corrected chi connectivity index (χ0v) is 20.7. The highest BCUT2D eigenvalue weighted by atomic mass is 32.2. The number of methoxy groups -OCH3 is 1. The fourth-order valence-electron chi connectivity index (χ4n) is 4.02. The number of allylic oxidation sites excluding steroid dienone is 1. The number of benzene rings is 2. The van der Waals surface area contributed by atoms with Gasteiger partial charge in [0.2, 0.25) is 5.91 Å². The molecule has 2 N–H and O–H groups in total. The van der Waals surface area contributed by atoms with E-state index in [2.05, 4.69) is 16.8 Å². The normalized spacial score (nSPS) is 17.0. The van der Waals surface area contributed by atoms with E-state index >= 15 is 0 Å². The lowest BCUT2D eigenvalue weighted by Gasteiger charge is -2.30. The number of hydrogen-bond acceptors (Lipinski definition) is 8. The van der Waals surface area contributed by atoms with E-state index in [4.69, 9.17) is 9.47 Å². The van der Waals surface area contributed by atoms with Crippen LogP contribution in [-0.2, 0) is 20.7 Å². The first-order valence-corrected chi connectivity index (χ1v) is 12.2. The van der Waals surface area contributed by atoms with Crippen molar-refractivity contribution in [2.75, 3.05) is 50.2 Å². The zero-order chi connectivity index (χ0) is 25.7. The second kappa shape index (κ2) is 11.3. The molecule has 2 aromatic rings. The van der Waals surface area contributed by atoms with E-state index in [-0.39, 0.29) is 16.4 Å². The summed E-state index contributed by atoms with van der Waals surface area (Å²) in [7, 11) is 1.43. The van der Waals surface area contributed by atoms with Crippen LogP contribution in [0, 0.1) is 0 Å². The van der Waals surface area contributed by atoms with Gasteiger partial charge in [-0.3, -0.25) is 19.3 Å². The quantitative estimate of drug-likeness (QED) is 0.410. The molecule has 9 nitrogen and oxygen atoms in total. The van der Waals surface area contributed by atoms with Crippen LogP contribution in [-0.4, -0.2) is 67.0 Å². The standard InChI is InChI=1S/C26H27N3O6S/c1-3-6-18-13-17(14-21(34-2)24(18)31)15-22-25(32)29(26(33)36-22)16-23(30)27-19-7-4-5-8-20(19)28-9-11-35-12-10-28/h3-5,7-8,13-15,31H,1,6,9-12,16H2,2H3,(H,27,30)/b22-15-. The lowest BCUT2D eigenvalue weighted by atomic mass is 10.1. The minimum Gasteiger partial charge on any atom is -0.504 e. The van der Waals surface area contributed by atoms with Crippen LogP contribution in [0.1, 0.15) is 11.1 Å². The highest BCUT2D eigenvalue weighted by Gasteiger charge is 2.36. The molecule has 2 aliphatic heterocycles. The van der Waals surface area contributed by atoms with E-state index in [0.29, 0.717) is 49.5 Å². The fraction of sp³-hybridized carbons (Fsp3) is 0.269. The molecule has 2 fully saturated rings. The van der Waals surface area contributed by atoms with Crippen LogP contribution in [0.25, 0.3) is 6.08 Å². The molecule has 0 atom stereocenters. The van der Waals surface area contributed by atoms with Gasteiger partial charge in [0, 0.05) is 18.7 Å². The van der Waals surface area contributed by atoms with Crippen molar-refractivity contribution in [1.29, 1.82) is 0 Å². The number of thioether (sulfide) groups is 1. The minimum atomic E-state index is -0.557. The van der Waals surface area contributed by atoms with Crippen molar-refractivity contribution >= 4 is 46.3 Å². The monoisotopic (exact) mass is 509 g/mol. The van der Waals surface area contributed by atoms with Crippen LogP contribution in [0.2, 0.25) is 0 Å². The van der Waals surface area contributed by atoms with Gasteiger partial charge in [-0.15, -0.1) is 6.58 Å². The Balaban J connectivity index is 1.48. The summed E-state index contributed by atoms with van der Waals surface area (Å²) in [5.74, 6) is -0.785. The summed E-state index contributed by atoms with van der Waals surface area (Å²) >= 11 is 0.761. The Morgan fingerprint density at radius 3 is 2.72 bits per heavy atom. The first-order chi connectivity index (χ1) is 17.4. The number of carbonyl (C=O) groups excluding carboxylic acids is 3. The van der Waals surface area contributed by atoms with Crippen molar-refractivity contribution < 1.29 is 29.0 Å². The molecule has 0 aliphatic carbocycles. The molecule has 4 rings (SSSR count). The number of ether oxygens (including phenoxy) is 2. The maximum Gasteiger partial charge on any atom is 0.294 e. The number of phenols is 1. The summed E-state index contributed by atoms with van der Waals surface area (Å²) in [5.41, 5.74) is 2.63. The molecule has 2 saturated heterocycles. The molecule has 0 aromatic heterocycles. The second-order valence-electron chi connectivity index (χ2n) is 8.16. The van der Waals surface area contributed by atoms with Crippen LogP contribution < -0.4 is 15.0 Å². The third-order valence-electron chi connectivity index (χ3n) is 5.76. The molecule has 36 heavy (non-hydrogen) atoms. The van der Waals surface area contributed by atoms with Crippen molar-refractivity contribution in [3.63, 3.8) is 0 Å². The number of nitrogens with zero attached hydrogens (tertiary/aromatic N) is 2. The summed E-state index contributed by atoms with van der Waals surface area (Å²) in [6.45, 7) is 5.90. The Labute approximate surface area is 213 Å². The number of aromatic hydroxyl groups is 1. The van der Waals surface area contributed by atoms with E-state index in [1.54, 1.807) is 30.4 Å². The number of imide groups is 1. The number of hydrogen-bond donors (Lipinski definition) is 2. The fourth-order valence-corrected chi connectivity index (χ4v) is 4.86. The van der Waals surface area contributed by atoms with Crippen LogP contribution in [0.3, 0.4) is 0 Å². The molecule has 2 aromatic carbocycles. The Kier molecular flexibility index (Phi) is 7.97. The molecule has 3 amide bonds. The van der Waals surface area contributed by atoms with E-state index in [1.165, 1.54) is 7.11 Å². The third-order valence-corrected chi connectivity index (χ3v) is 6.67. The number of nitrogens with one attached hydrogen (secondary N) is 1. The van der Waals surface area contributed by atoms with Gasteiger partial charge in [-0.2, -0.15) is 0 Å². The number of carbonyl (C=O) groups is 3. The summed E-state index contributed by atoms with van der Waals surface area (Å²) in [5, 5.41) is 12.6. The van der Waals surface area contributed by atoms with E-state index < -0.39 is 23.6 Å². The van der Waals surface area contributed by atoms with Gasteiger partial charge in [-0.05, 0) is 54.1 Å². The van der Waals surface area contributed by atoms with Crippen LogP contribution >= 0.6 is 11.8 Å². The second-order valence-corrected chi connectivity index (χ2v) is 9.15. The van der Waals surface area contributed by atoms with E-state index in [9.17, 15) is 19.5 Å². The first kappa shape index (κ1) is 25.3. The number of morpholine rings is 1. The van der Waals surface area contributed by atoms with Gasteiger partial charge < -0.3 is 24.8 Å². The van der Waals surface area contributed by atoms with Crippen molar-refractivity contribution in [3.8, 4) is 11.5 Å². The Bertz CT molecular complexity index is 1220. The number of rotatable bonds is 8. The molecule has 0 unspecified atom stereocenters. The third kappa shape index (κ3) is 5.55. The Hall–Kier alpha value is -3.76. The van der Waals surface area contributed by atoms with Crippen molar-refractivity contribution in [1.82, 2.24) is 4.90 Å². The average Bonchev–Trinajstić information content (AvgIpc) is 3.14. The highest BCUT2D eigenvalue weighted by molar-refractivity contribution is 8.18. The van der Waals surface area contributed by atoms with E-state index in [1.807, 2.05) is 18.2 Å². The van der Waals surface area contributed by atoms with Gasteiger partial charge in [0.25, 0.3) is 11.1 Å². The first-order valence-electron chi connectivity index (χ1n) is 11.4. The van der Waals surface area contributed by atoms with Crippen molar-refractivity contribution in [2.24, 2.45) is 0 Å². The van der Waals surface area contributed by atoms with Gasteiger partial charge in [-0.1, -0.05) is 18.2 Å². The van der Waals surface area contributed by atoms with Gasteiger partial charge in [0.1, 0.15) is 6.54 Å². The van der Waals surface area contributed by atoms with Gasteiger partial charge in [-0.25, -0.2) is 0 Å². The minimum absolute atomic E-state index is 0.00307. The topological polar surface area (TPSA) is 108 Å². The maximum atomic E-state index is 13.0. The molecule has 188 valence electrons. The zero-order valence-electron chi connectivity index (χ0n) is 19.9. The molecular weight excluding hydrogens is 482 g/mol. The molecular formula is C26H27N3O6S. The van der Waals surface area contributed by atoms with Crippen molar-refractivity contribution in [2.45, 2.75) is 6.42 Å². The Morgan fingerprint density at radius 2 is 2.00 bits per heavy atom. The highest BCUT2D eigenvalue weighted by Crippen LogP contribution is 2.36. The maximum absolute atomic E-state index is 13.0. The summed E-state index contributed by atoms with van der Waals surface area (Å²) in [6, 6.07) is 10.7. The lowest BCUT2D eigenvalue weighted by molar-refractivity contribution is -0.127. The summed E-state index contributed by atoms with van der Waals surface area (Å²) < 4.78 is 10.6. The van der Waals surface area contributed by atoms with Crippen LogP contribution in [0.4, 0.5) is 16.2 Å². The molecule has 0 spiro atoms. The van der Waals surface area contributed by atoms with Crippen LogP contribution in [0.5, 0.6) is 11.5 Å². The van der Waals surface area contributed by atoms with Gasteiger partial charge >= 0.3 is 0 Å². The Morgan fingerprint density at radius 1 is 1.25 bits per heavy atom. The number of anilines is 2. The summed E-state index contributed by atoms with van der Waals surface area (Å²) in [6.07, 6.45) is 3.59. The van der Waals surface area contributed by atoms with Gasteiger partial charge in [0.05, 0.1) is 36.6 Å². The predicted molar refractivity (Wildman–Crippen MR) is 139 cm³/mol. The predicted octanol–water partition coefficient (Wildman–Crippen LogP) is 3.64. The SMILES string of the molecule is C=CCc1cc(/C=C2\SC(=O)N(CC(=O)Nc3ccccc3N3CCOCC3)C2=O)cc(OC)c1O. The smallest absolute Gasteiger partial charge is 0.294 e. The molecule has 0 radical (unpaired) electrons. The largest absolute Gasteiger partial charge is 0.504 e. The number of para-hydroxylation sites is 2. The molecule has 0 bridgehead atoms. The number of phenolic OH excluding ortho intramolecular Hbond substituents is 1. The van der Waals surface area contributed by atoms with E-state index in [0.717, 1.165) is 22.3 Å².